The van der Waals surface area contributed by atoms with Crippen LogP contribution in [0.15, 0.2) is 24.3 Å². The van der Waals surface area contributed by atoms with Crippen molar-refractivity contribution in [1.82, 2.24) is 20.6 Å². The number of aryl methyl sites for hydroxylation is 1. The van der Waals surface area contributed by atoms with E-state index in [0.29, 0.717) is 38.0 Å². The summed E-state index contributed by atoms with van der Waals surface area (Å²) in [6, 6.07) is 7.90. The van der Waals surface area contributed by atoms with Crippen molar-refractivity contribution in [2.75, 3.05) is 32.8 Å². The summed E-state index contributed by atoms with van der Waals surface area (Å²) in [5.41, 5.74) is 4.50. The smallest absolute Gasteiger partial charge is 0.245 e. The molecule has 0 bridgehead atoms. The molecular weight excluding hydrogens is 544 g/mol. The number of carbonyl (C=O) groups excluding carboxylic acids is 3. The van der Waals surface area contributed by atoms with Crippen LogP contribution in [0.1, 0.15) is 91.2 Å². The molecule has 2 aliphatic rings. The lowest BCUT2D eigenvalue weighted by Gasteiger charge is -2.40. The molecular formula is C34H56N4O5. The predicted molar refractivity (Wildman–Crippen MR) is 169 cm³/mol. The quantitative estimate of drug-likeness (QED) is 0.235. The third-order valence-corrected chi connectivity index (χ3v) is 8.51. The van der Waals surface area contributed by atoms with E-state index in [1.54, 1.807) is 6.92 Å². The summed E-state index contributed by atoms with van der Waals surface area (Å²) < 4.78 is 5.57. The van der Waals surface area contributed by atoms with Gasteiger partial charge in [-0.2, -0.15) is 0 Å². The monoisotopic (exact) mass is 600 g/mol. The van der Waals surface area contributed by atoms with Gasteiger partial charge in [0, 0.05) is 45.1 Å². The van der Waals surface area contributed by atoms with E-state index in [1.807, 2.05) is 39.5 Å². The molecule has 0 radical (unpaired) electrons. The first kappa shape index (κ1) is 35.0. The Balaban J connectivity index is 1.60. The highest BCUT2D eigenvalue weighted by molar-refractivity contribution is 5.91. The minimum Gasteiger partial charge on any atom is -0.350 e. The first-order chi connectivity index (χ1) is 20.3. The molecule has 9 nitrogen and oxygen atoms in total. The highest BCUT2D eigenvalue weighted by Crippen LogP contribution is 2.32. The van der Waals surface area contributed by atoms with E-state index in [0.717, 1.165) is 45.3 Å². The van der Waals surface area contributed by atoms with Crippen LogP contribution in [0.25, 0.3) is 0 Å². The second-order valence-electron chi connectivity index (χ2n) is 14.1. The molecule has 242 valence electrons. The van der Waals surface area contributed by atoms with Crippen LogP contribution >= 0.6 is 0 Å². The molecule has 1 aromatic rings. The van der Waals surface area contributed by atoms with Crippen LogP contribution in [-0.2, 0) is 30.5 Å². The van der Waals surface area contributed by atoms with E-state index in [9.17, 15) is 14.4 Å². The van der Waals surface area contributed by atoms with Crippen LogP contribution in [0.4, 0.5) is 0 Å². The average Bonchev–Trinajstić information content (AvgIpc) is 3.47. The van der Waals surface area contributed by atoms with Gasteiger partial charge < -0.3 is 15.0 Å². The average molecular weight is 601 g/mol. The van der Waals surface area contributed by atoms with Crippen LogP contribution in [0, 0.1) is 30.1 Å². The van der Waals surface area contributed by atoms with Crippen LogP contribution in [0.3, 0.4) is 0 Å². The lowest BCUT2D eigenvalue weighted by Crippen LogP contribution is -2.59. The molecule has 3 rings (SSSR count). The number of hydrogen-bond acceptors (Lipinski definition) is 6. The van der Waals surface area contributed by atoms with E-state index >= 15 is 0 Å². The lowest BCUT2D eigenvalue weighted by molar-refractivity contribution is -0.183. The maximum absolute atomic E-state index is 13.8. The van der Waals surface area contributed by atoms with Crippen molar-refractivity contribution in [3.8, 4) is 0 Å². The van der Waals surface area contributed by atoms with E-state index in [1.165, 1.54) is 11.1 Å². The number of nitrogens with one attached hydrogen (secondary N) is 2. The molecule has 0 spiro atoms. The fraction of sp³-hybridized carbons (Fsp3) is 0.735. The summed E-state index contributed by atoms with van der Waals surface area (Å²) >= 11 is 0. The molecule has 1 unspecified atom stereocenters. The fourth-order valence-corrected chi connectivity index (χ4v) is 5.88. The topological polar surface area (TPSA) is 100 Å². The predicted octanol–water partition coefficient (Wildman–Crippen LogP) is 4.82. The van der Waals surface area contributed by atoms with Crippen molar-refractivity contribution < 1.29 is 24.0 Å². The largest absolute Gasteiger partial charge is 0.350 e. The first-order valence-corrected chi connectivity index (χ1v) is 16.2. The first-order valence-electron chi connectivity index (χ1n) is 16.2. The normalized spacial score (nSPS) is 18.8. The summed E-state index contributed by atoms with van der Waals surface area (Å²) in [4.78, 5) is 50.1. The number of benzene rings is 1. The van der Waals surface area contributed by atoms with Gasteiger partial charge >= 0.3 is 0 Å². The summed E-state index contributed by atoms with van der Waals surface area (Å²) in [7, 11) is 0. The van der Waals surface area contributed by atoms with E-state index in [4.69, 9.17) is 9.57 Å². The van der Waals surface area contributed by atoms with Gasteiger partial charge in [-0.05, 0) is 43.1 Å². The van der Waals surface area contributed by atoms with Crippen molar-refractivity contribution in [2.45, 2.75) is 106 Å². The molecule has 1 saturated heterocycles. The number of amides is 3. The van der Waals surface area contributed by atoms with Gasteiger partial charge in [-0.1, -0.05) is 90.1 Å². The molecule has 3 amide bonds. The number of piperazine rings is 1. The zero-order valence-electron chi connectivity index (χ0n) is 27.6. The Morgan fingerprint density at radius 3 is 2.19 bits per heavy atom. The molecule has 0 aromatic heterocycles. The molecule has 9 heteroatoms. The van der Waals surface area contributed by atoms with E-state index < -0.39 is 23.7 Å². The fourth-order valence-electron chi connectivity index (χ4n) is 5.88. The lowest BCUT2D eigenvalue weighted by atomic mass is 9.84. The summed E-state index contributed by atoms with van der Waals surface area (Å²) in [5.74, 6) is -0.439. The second kappa shape index (κ2) is 16.5. The van der Waals surface area contributed by atoms with Gasteiger partial charge in [-0.3, -0.25) is 19.3 Å². The Morgan fingerprint density at radius 2 is 1.60 bits per heavy atom. The van der Waals surface area contributed by atoms with Crippen molar-refractivity contribution in [3.63, 3.8) is 0 Å². The van der Waals surface area contributed by atoms with Gasteiger partial charge in [0.25, 0.3) is 0 Å². The molecule has 1 aliphatic carbocycles. The van der Waals surface area contributed by atoms with E-state index in [2.05, 4.69) is 46.9 Å². The molecule has 3 atom stereocenters. The van der Waals surface area contributed by atoms with Crippen molar-refractivity contribution in [2.24, 2.45) is 23.2 Å². The highest BCUT2D eigenvalue weighted by atomic mass is 16.8. The Bertz CT molecular complexity index is 1020. The molecule has 2 fully saturated rings. The van der Waals surface area contributed by atoms with Gasteiger partial charge in [-0.25, -0.2) is 10.3 Å². The zero-order valence-corrected chi connectivity index (χ0v) is 27.6. The standard InChI is InChI=1S/C34H56N4O5/c1-24(2)23-42-26(4)43-36-30(39)21-29(20-27-10-8-9-11-27)32(40)35-31(34(5,6)7)33(41)38-18-16-37(17-19-38)22-28-14-12-25(3)13-15-28/h12-15,24,26-27,29,31H,8-11,16-23H2,1-7H3,(H,35,40)(H,36,39)/t26?,29-,31-/m1/s1. The molecule has 1 aliphatic heterocycles. The zero-order chi connectivity index (χ0) is 31.6. The maximum atomic E-state index is 13.8. The molecule has 1 heterocycles. The van der Waals surface area contributed by atoms with Crippen molar-refractivity contribution in [1.29, 1.82) is 0 Å². The van der Waals surface area contributed by atoms with Crippen LogP contribution in [0.2, 0.25) is 0 Å². The van der Waals surface area contributed by atoms with Gasteiger partial charge in [-0.15, -0.1) is 0 Å². The SMILES string of the molecule is Cc1ccc(CN2CCN(C(=O)[C@@H](NC(=O)[C@@H](CC(=O)NOC(C)OCC(C)C)CC3CCCC3)C(C)(C)C)CC2)cc1. The highest BCUT2D eigenvalue weighted by Gasteiger charge is 2.38. The number of nitrogens with zero attached hydrogens (tertiary/aromatic N) is 2. The summed E-state index contributed by atoms with van der Waals surface area (Å²) in [6.45, 7) is 18.0. The Labute approximate surface area is 259 Å². The number of carbonyl (C=O) groups is 3. The summed E-state index contributed by atoms with van der Waals surface area (Å²) in [5, 5.41) is 3.10. The van der Waals surface area contributed by atoms with Gasteiger partial charge in [0.05, 0.1) is 6.61 Å². The third-order valence-electron chi connectivity index (χ3n) is 8.51. The third kappa shape index (κ3) is 11.8. The maximum Gasteiger partial charge on any atom is 0.245 e. The number of hydrogen-bond donors (Lipinski definition) is 2. The van der Waals surface area contributed by atoms with Crippen LogP contribution in [0.5, 0.6) is 0 Å². The van der Waals surface area contributed by atoms with Crippen molar-refractivity contribution >= 4 is 17.7 Å². The molecule has 2 N–H and O–H groups in total. The summed E-state index contributed by atoms with van der Waals surface area (Å²) in [6.07, 6.45) is 4.47. The van der Waals surface area contributed by atoms with Gasteiger partial charge in [0.1, 0.15) is 6.04 Å². The van der Waals surface area contributed by atoms with Crippen LogP contribution in [-0.4, -0.2) is 72.6 Å². The minimum absolute atomic E-state index is 0.00196. The molecule has 1 aromatic carbocycles. The number of ether oxygens (including phenoxy) is 1. The number of rotatable bonds is 14. The molecule has 1 saturated carbocycles. The Morgan fingerprint density at radius 1 is 0.977 bits per heavy atom. The Kier molecular flexibility index (Phi) is 13.5. The Hall–Kier alpha value is -2.49. The van der Waals surface area contributed by atoms with E-state index in [-0.39, 0.29) is 24.1 Å². The second-order valence-corrected chi connectivity index (χ2v) is 14.1. The van der Waals surface area contributed by atoms with Crippen molar-refractivity contribution in [3.05, 3.63) is 35.4 Å². The van der Waals surface area contributed by atoms with Gasteiger partial charge in [0.15, 0.2) is 6.29 Å². The number of hydroxylamine groups is 1. The minimum atomic E-state index is -0.682. The van der Waals surface area contributed by atoms with Crippen LogP contribution < -0.4 is 10.8 Å². The van der Waals surface area contributed by atoms with Gasteiger partial charge in [0.2, 0.25) is 17.7 Å². The molecule has 43 heavy (non-hydrogen) atoms.